The summed E-state index contributed by atoms with van der Waals surface area (Å²) in [5.41, 5.74) is 0.893. The first-order chi connectivity index (χ1) is 8.75. The van der Waals surface area contributed by atoms with Crippen LogP contribution < -0.4 is 5.32 Å². The number of hydrogen-bond donors (Lipinski definition) is 1. The third-order valence-electron chi connectivity index (χ3n) is 3.15. The molecular formula is C13H20N4O. The Balaban J connectivity index is 1.71. The highest BCUT2D eigenvalue weighted by Crippen LogP contribution is 2.10. The van der Waals surface area contributed by atoms with Gasteiger partial charge in [0.25, 0.3) is 0 Å². The zero-order chi connectivity index (χ0) is 12.8. The Kier molecular flexibility index (Phi) is 4.50. The highest BCUT2D eigenvalue weighted by Gasteiger charge is 2.15. The Morgan fingerprint density at radius 3 is 2.72 bits per heavy atom. The van der Waals surface area contributed by atoms with Crippen LogP contribution in [0.4, 0.5) is 5.82 Å². The summed E-state index contributed by atoms with van der Waals surface area (Å²) >= 11 is 0. The van der Waals surface area contributed by atoms with Crippen LogP contribution in [-0.4, -0.2) is 40.6 Å². The number of amides is 1. The molecule has 0 atom stereocenters. The molecule has 1 aromatic heterocycles. The molecule has 1 N–H and O–H groups in total. The molecule has 5 nitrogen and oxygen atoms in total. The number of piperidine rings is 1. The molecule has 1 aliphatic rings. The Hall–Kier alpha value is -1.65. The number of nitrogens with one attached hydrogen (secondary N) is 1. The smallest absolute Gasteiger partial charge is 0.224 e. The molecule has 1 aliphatic heterocycles. The second-order valence-electron chi connectivity index (χ2n) is 4.68. The lowest BCUT2D eigenvalue weighted by Gasteiger charge is -2.26. The van der Waals surface area contributed by atoms with Gasteiger partial charge in [0.05, 0.1) is 5.69 Å². The van der Waals surface area contributed by atoms with Gasteiger partial charge in [-0.1, -0.05) is 0 Å². The molecule has 0 saturated carbocycles. The first kappa shape index (κ1) is 12.8. The van der Waals surface area contributed by atoms with Crippen molar-refractivity contribution in [1.29, 1.82) is 0 Å². The van der Waals surface area contributed by atoms with Crippen molar-refractivity contribution >= 4 is 11.7 Å². The van der Waals surface area contributed by atoms with Crippen molar-refractivity contribution in [3.63, 3.8) is 0 Å². The number of nitrogens with zero attached hydrogens (tertiary/aromatic N) is 3. The number of likely N-dealkylation sites (tertiary alicyclic amines) is 1. The first-order valence-electron chi connectivity index (χ1n) is 6.58. The molecule has 0 aliphatic carbocycles. The molecule has 98 valence electrons. The van der Waals surface area contributed by atoms with Crippen LogP contribution in [-0.2, 0) is 4.79 Å². The molecule has 1 fully saturated rings. The molecule has 1 aromatic rings. The third-order valence-corrected chi connectivity index (χ3v) is 3.15. The predicted octanol–water partition coefficient (Wildman–Crippen LogP) is 1.60. The number of carbonyl (C=O) groups is 1. The van der Waals surface area contributed by atoms with Crippen molar-refractivity contribution in [2.45, 2.75) is 32.6 Å². The molecule has 2 heterocycles. The van der Waals surface area contributed by atoms with Crippen LogP contribution in [0.25, 0.3) is 0 Å². The number of aromatic nitrogens is 2. The molecule has 1 amide bonds. The maximum atomic E-state index is 11.9. The molecule has 0 bridgehead atoms. The Bertz CT molecular complexity index is 384. The van der Waals surface area contributed by atoms with Gasteiger partial charge in [-0.05, 0) is 38.3 Å². The molecule has 0 unspecified atom stereocenters. The molecular weight excluding hydrogens is 228 g/mol. The lowest BCUT2D eigenvalue weighted by atomic mass is 10.1. The second kappa shape index (κ2) is 6.33. The number of anilines is 1. The van der Waals surface area contributed by atoms with Gasteiger partial charge >= 0.3 is 0 Å². The minimum Gasteiger partial charge on any atom is -0.368 e. The lowest BCUT2D eigenvalue weighted by molar-refractivity contribution is -0.131. The highest BCUT2D eigenvalue weighted by molar-refractivity contribution is 5.76. The van der Waals surface area contributed by atoms with Gasteiger partial charge in [-0.15, -0.1) is 5.10 Å². The second-order valence-corrected chi connectivity index (χ2v) is 4.68. The van der Waals surface area contributed by atoms with Crippen LogP contribution in [0.15, 0.2) is 12.1 Å². The van der Waals surface area contributed by atoms with E-state index in [1.165, 1.54) is 6.42 Å². The molecule has 0 aromatic carbocycles. The number of aryl methyl sites for hydroxylation is 1. The first-order valence-corrected chi connectivity index (χ1v) is 6.58. The Morgan fingerprint density at radius 1 is 1.28 bits per heavy atom. The maximum absolute atomic E-state index is 11.9. The fraction of sp³-hybridized carbons (Fsp3) is 0.615. The fourth-order valence-electron chi connectivity index (χ4n) is 2.09. The van der Waals surface area contributed by atoms with Gasteiger partial charge in [0, 0.05) is 26.1 Å². The standard InChI is InChI=1S/C13H20N4O/c1-11-5-6-12(16-15-11)14-8-7-13(18)17-9-3-2-4-10-17/h5-6H,2-4,7-10H2,1H3,(H,14,16). The van der Waals surface area contributed by atoms with E-state index in [1.807, 2.05) is 24.0 Å². The molecule has 2 rings (SSSR count). The van der Waals surface area contributed by atoms with Crippen molar-refractivity contribution in [3.05, 3.63) is 17.8 Å². The highest BCUT2D eigenvalue weighted by atomic mass is 16.2. The summed E-state index contributed by atoms with van der Waals surface area (Å²) in [6.07, 6.45) is 4.06. The average Bonchev–Trinajstić information content (AvgIpc) is 2.42. The number of hydrogen-bond acceptors (Lipinski definition) is 4. The van der Waals surface area contributed by atoms with E-state index in [-0.39, 0.29) is 5.91 Å². The maximum Gasteiger partial charge on any atom is 0.224 e. The number of rotatable bonds is 4. The van der Waals surface area contributed by atoms with Crippen molar-refractivity contribution in [1.82, 2.24) is 15.1 Å². The lowest BCUT2D eigenvalue weighted by Crippen LogP contribution is -2.36. The van der Waals surface area contributed by atoms with E-state index in [9.17, 15) is 4.79 Å². The van der Waals surface area contributed by atoms with Crippen molar-refractivity contribution in [2.75, 3.05) is 25.0 Å². The predicted molar refractivity (Wildman–Crippen MR) is 70.3 cm³/mol. The van der Waals surface area contributed by atoms with Gasteiger partial charge in [0.1, 0.15) is 5.82 Å². The Labute approximate surface area is 108 Å². The van der Waals surface area contributed by atoms with Gasteiger partial charge < -0.3 is 10.2 Å². The summed E-state index contributed by atoms with van der Waals surface area (Å²) in [6.45, 7) is 4.36. The molecule has 5 heteroatoms. The minimum atomic E-state index is 0.238. The largest absolute Gasteiger partial charge is 0.368 e. The van der Waals surface area contributed by atoms with E-state index in [0.29, 0.717) is 13.0 Å². The monoisotopic (exact) mass is 248 g/mol. The summed E-state index contributed by atoms with van der Waals surface area (Å²) in [6, 6.07) is 3.79. The summed E-state index contributed by atoms with van der Waals surface area (Å²) < 4.78 is 0. The van der Waals surface area contributed by atoms with Crippen LogP contribution in [0.5, 0.6) is 0 Å². The van der Waals surface area contributed by atoms with Crippen molar-refractivity contribution < 1.29 is 4.79 Å². The number of carbonyl (C=O) groups excluding carboxylic acids is 1. The van der Waals surface area contributed by atoms with Gasteiger partial charge in [0.2, 0.25) is 5.91 Å². The zero-order valence-electron chi connectivity index (χ0n) is 10.9. The van der Waals surface area contributed by atoms with E-state index >= 15 is 0 Å². The average molecular weight is 248 g/mol. The summed E-state index contributed by atoms with van der Waals surface area (Å²) in [4.78, 5) is 13.9. The van der Waals surface area contributed by atoms with Crippen LogP contribution in [0.1, 0.15) is 31.4 Å². The van der Waals surface area contributed by atoms with Crippen LogP contribution in [0.2, 0.25) is 0 Å². The van der Waals surface area contributed by atoms with E-state index in [2.05, 4.69) is 15.5 Å². The van der Waals surface area contributed by atoms with E-state index < -0.39 is 0 Å². The van der Waals surface area contributed by atoms with Crippen LogP contribution >= 0.6 is 0 Å². The van der Waals surface area contributed by atoms with Crippen molar-refractivity contribution in [3.8, 4) is 0 Å². The summed E-state index contributed by atoms with van der Waals surface area (Å²) in [7, 11) is 0. The van der Waals surface area contributed by atoms with Crippen LogP contribution in [0.3, 0.4) is 0 Å². The zero-order valence-corrected chi connectivity index (χ0v) is 10.9. The van der Waals surface area contributed by atoms with E-state index in [1.54, 1.807) is 0 Å². The normalized spacial score (nSPS) is 15.5. The molecule has 0 spiro atoms. The molecule has 1 saturated heterocycles. The quantitative estimate of drug-likeness (QED) is 0.879. The third kappa shape index (κ3) is 3.68. The topological polar surface area (TPSA) is 58.1 Å². The fourth-order valence-corrected chi connectivity index (χ4v) is 2.09. The van der Waals surface area contributed by atoms with Gasteiger partial charge in [0.15, 0.2) is 0 Å². The SMILES string of the molecule is Cc1ccc(NCCC(=O)N2CCCCC2)nn1. The Morgan fingerprint density at radius 2 is 2.06 bits per heavy atom. The summed E-state index contributed by atoms with van der Waals surface area (Å²) in [5.74, 6) is 0.967. The molecule has 0 radical (unpaired) electrons. The summed E-state index contributed by atoms with van der Waals surface area (Å²) in [5, 5.41) is 11.1. The van der Waals surface area contributed by atoms with Gasteiger partial charge in [-0.2, -0.15) is 5.10 Å². The van der Waals surface area contributed by atoms with Crippen molar-refractivity contribution in [2.24, 2.45) is 0 Å². The molecule has 18 heavy (non-hydrogen) atoms. The van der Waals surface area contributed by atoms with Gasteiger partial charge in [-0.3, -0.25) is 4.79 Å². The van der Waals surface area contributed by atoms with E-state index in [0.717, 1.165) is 37.4 Å². The van der Waals surface area contributed by atoms with Gasteiger partial charge in [-0.25, -0.2) is 0 Å². The van der Waals surface area contributed by atoms with Crippen LogP contribution in [0, 0.1) is 6.92 Å². The van der Waals surface area contributed by atoms with E-state index in [4.69, 9.17) is 0 Å². The minimum absolute atomic E-state index is 0.238.